The summed E-state index contributed by atoms with van der Waals surface area (Å²) in [5.41, 5.74) is 8.72. The summed E-state index contributed by atoms with van der Waals surface area (Å²) in [6.07, 6.45) is 2.25. The molecular weight excluding hydrogens is 356 g/mol. The van der Waals surface area contributed by atoms with Crippen LogP contribution < -0.4 is 21.1 Å². The van der Waals surface area contributed by atoms with Crippen molar-refractivity contribution < 1.29 is 14.3 Å². The van der Waals surface area contributed by atoms with E-state index in [1.54, 1.807) is 12.1 Å². The molecule has 1 aliphatic heterocycles. The van der Waals surface area contributed by atoms with E-state index in [2.05, 4.69) is 16.7 Å². The van der Waals surface area contributed by atoms with Crippen molar-refractivity contribution in [3.8, 4) is 11.8 Å². The summed E-state index contributed by atoms with van der Waals surface area (Å²) in [4.78, 5) is 11.7. The molecule has 0 aromatic heterocycles. The van der Waals surface area contributed by atoms with Crippen LogP contribution >= 0.6 is 0 Å². The van der Waals surface area contributed by atoms with Gasteiger partial charge in [0.15, 0.2) is 0 Å². The normalized spacial score (nSPS) is 14.8. The van der Waals surface area contributed by atoms with Crippen LogP contribution in [0.1, 0.15) is 30.4 Å². The molecule has 146 valence electrons. The number of unbranched alkanes of at least 4 members (excludes halogenated alkanes) is 1. The number of ether oxygens (including phenoxy) is 2. The molecule has 3 rings (SSSR count). The number of carbonyl (C=O) groups excluding carboxylic acids is 1. The maximum absolute atomic E-state index is 11.7. The van der Waals surface area contributed by atoms with Gasteiger partial charge in [0.05, 0.1) is 23.4 Å². The van der Waals surface area contributed by atoms with E-state index < -0.39 is 6.09 Å². The number of nitrogens with one attached hydrogen (secondary N) is 2. The first-order valence-corrected chi connectivity index (χ1v) is 9.33. The van der Waals surface area contributed by atoms with E-state index in [-0.39, 0.29) is 12.6 Å². The Bertz CT molecular complexity index is 849. The molecule has 0 saturated carbocycles. The molecular formula is C21H24N4O3. The summed E-state index contributed by atoms with van der Waals surface area (Å²) in [7, 11) is 0. The highest BCUT2D eigenvalue weighted by atomic mass is 16.5. The highest BCUT2D eigenvalue weighted by Gasteiger charge is 2.21. The number of nitriles is 1. The Balaban J connectivity index is 1.33. The molecule has 1 aliphatic rings. The SMILES string of the molecule is N#Cc1cc(N)c2c(c1)OC[C@H](CCCCNC(=O)OCc1ccccc1)N2. The minimum Gasteiger partial charge on any atom is -0.489 e. The molecule has 28 heavy (non-hydrogen) atoms. The summed E-state index contributed by atoms with van der Waals surface area (Å²) in [6, 6.07) is 15.1. The number of fused-ring (bicyclic) bond motifs is 1. The third kappa shape index (κ3) is 5.30. The Morgan fingerprint density at radius 1 is 1.32 bits per heavy atom. The highest BCUT2D eigenvalue weighted by Crippen LogP contribution is 2.36. The monoisotopic (exact) mass is 380 g/mol. The van der Waals surface area contributed by atoms with Gasteiger partial charge in [-0.15, -0.1) is 0 Å². The lowest BCUT2D eigenvalue weighted by Gasteiger charge is -2.28. The van der Waals surface area contributed by atoms with Gasteiger partial charge in [0.25, 0.3) is 0 Å². The molecule has 0 bridgehead atoms. The van der Waals surface area contributed by atoms with E-state index in [4.69, 9.17) is 20.5 Å². The quantitative estimate of drug-likeness (QED) is 0.502. The molecule has 2 aromatic carbocycles. The van der Waals surface area contributed by atoms with Gasteiger partial charge < -0.3 is 25.8 Å². The van der Waals surface area contributed by atoms with Crippen molar-refractivity contribution in [1.29, 1.82) is 5.26 Å². The van der Waals surface area contributed by atoms with Crippen molar-refractivity contribution in [3.05, 3.63) is 53.6 Å². The first kappa shape index (κ1) is 19.4. The summed E-state index contributed by atoms with van der Waals surface area (Å²) in [5.74, 6) is 0.621. The zero-order valence-corrected chi connectivity index (χ0v) is 15.6. The maximum Gasteiger partial charge on any atom is 0.407 e. The fourth-order valence-corrected chi connectivity index (χ4v) is 3.04. The van der Waals surface area contributed by atoms with Gasteiger partial charge in [-0.3, -0.25) is 0 Å². The number of amides is 1. The number of anilines is 2. The van der Waals surface area contributed by atoms with Crippen molar-refractivity contribution in [2.75, 3.05) is 24.2 Å². The predicted octanol–water partition coefficient (Wildman–Crippen LogP) is 3.41. The van der Waals surface area contributed by atoms with Gasteiger partial charge >= 0.3 is 6.09 Å². The average molecular weight is 380 g/mol. The first-order chi connectivity index (χ1) is 13.7. The largest absolute Gasteiger partial charge is 0.489 e. The van der Waals surface area contributed by atoms with Gasteiger partial charge in [-0.1, -0.05) is 30.3 Å². The minimum absolute atomic E-state index is 0.146. The molecule has 0 aliphatic carbocycles. The third-order valence-electron chi connectivity index (χ3n) is 4.51. The molecule has 2 aromatic rings. The lowest BCUT2D eigenvalue weighted by Crippen LogP contribution is -2.32. The van der Waals surface area contributed by atoms with Crippen LogP contribution in [0.2, 0.25) is 0 Å². The van der Waals surface area contributed by atoms with E-state index in [1.807, 2.05) is 30.3 Å². The number of nitrogens with zero attached hydrogens (tertiary/aromatic N) is 1. The third-order valence-corrected chi connectivity index (χ3v) is 4.51. The number of benzene rings is 2. The zero-order chi connectivity index (χ0) is 19.8. The number of hydrogen-bond acceptors (Lipinski definition) is 6. The second kappa shape index (κ2) is 9.51. The topological polar surface area (TPSA) is 109 Å². The Morgan fingerprint density at radius 3 is 2.93 bits per heavy atom. The summed E-state index contributed by atoms with van der Waals surface area (Å²) < 4.78 is 10.9. The van der Waals surface area contributed by atoms with Gasteiger partial charge in [0, 0.05) is 12.6 Å². The van der Waals surface area contributed by atoms with Gasteiger partial charge in [-0.05, 0) is 30.9 Å². The van der Waals surface area contributed by atoms with Crippen molar-refractivity contribution in [2.24, 2.45) is 0 Å². The number of alkyl carbamates (subject to hydrolysis) is 1. The van der Waals surface area contributed by atoms with Gasteiger partial charge in [-0.2, -0.15) is 5.26 Å². The molecule has 0 unspecified atom stereocenters. The van der Waals surface area contributed by atoms with Crippen molar-refractivity contribution in [3.63, 3.8) is 0 Å². The second-order valence-electron chi connectivity index (χ2n) is 6.69. The number of nitrogen functional groups attached to an aromatic ring is 1. The van der Waals surface area contributed by atoms with Crippen LogP contribution in [-0.2, 0) is 11.3 Å². The van der Waals surface area contributed by atoms with Gasteiger partial charge in [0.1, 0.15) is 24.7 Å². The molecule has 1 heterocycles. The lowest BCUT2D eigenvalue weighted by atomic mass is 10.1. The number of rotatable bonds is 7. The van der Waals surface area contributed by atoms with Crippen LogP contribution in [0.15, 0.2) is 42.5 Å². The number of nitrogens with two attached hydrogens (primary N) is 1. The smallest absolute Gasteiger partial charge is 0.407 e. The standard InChI is InChI=1S/C21H24N4O3/c22-12-16-10-18(23)20-19(11-16)27-14-17(25-20)8-4-5-9-24-21(26)28-13-15-6-2-1-3-7-15/h1-3,6-7,10-11,17,25H,4-5,8-9,13-14,23H2,(H,24,26)/t17-/m0/s1. The van der Waals surface area contributed by atoms with Gasteiger partial charge in [-0.25, -0.2) is 4.79 Å². The zero-order valence-electron chi connectivity index (χ0n) is 15.6. The van der Waals surface area contributed by atoms with Crippen LogP contribution in [-0.4, -0.2) is 25.3 Å². The van der Waals surface area contributed by atoms with Gasteiger partial charge in [0.2, 0.25) is 0 Å². The molecule has 4 N–H and O–H groups in total. The maximum atomic E-state index is 11.7. The minimum atomic E-state index is -0.405. The van der Waals surface area contributed by atoms with Crippen LogP contribution in [0, 0.1) is 11.3 Å². The predicted molar refractivity (Wildman–Crippen MR) is 107 cm³/mol. The molecule has 1 amide bonds. The summed E-state index contributed by atoms with van der Waals surface area (Å²) in [5, 5.41) is 15.1. The first-order valence-electron chi connectivity index (χ1n) is 9.33. The van der Waals surface area contributed by atoms with Crippen molar-refractivity contribution in [1.82, 2.24) is 5.32 Å². The fourth-order valence-electron chi connectivity index (χ4n) is 3.04. The van der Waals surface area contributed by atoms with Crippen molar-refractivity contribution >= 4 is 17.5 Å². The van der Waals surface area contributed by atoms with Crippen LogP contribution in [0.25, 0.3) is 0 Å². The Morgan fingerprint density at radius 2 is 2.14 bits per heavy atom. The Hall–Kier alpha value is -3.40. The molecule has 1 atom stereocenters. The summed E-state index contributed by atoms with van der Waals surface area (Å²) >= 11 is 0. The average Bonchev–Trinajstić information content (AvgIpc) is 2.73. The number of hydrogen-bond donors (Lipinski definition) is 3. The highest BCUT2D eigenvalue weighted by molar-refractivity contribution is 5.76. The van der Waals surface area contributed by atoms with E-state index in [9.17, 15) is 4.79 Å². The van der Waals surface area contributed by atoms with Crippen LogP contribution in [0.5, 0.6) is 5.75 Å². The van der Waals surface area contributed by atoms with E-state index in [1.165, 1.54) is 0 Å². The molecule has 0 radical (unpaired) electrons. The van der Waals surface area contributed by atoms with Crippen LogP contribution in [0.3, 0.4) is 0 Å². The molecule has 0 spiro atoms. The summed E-state index contributed by atoms with van der Waals surface area (Å²) in [6.45, 7) is 1.35. The molecule has 0 saturated heterocycles. The van der Waals surface area contributed by atoms with E-state index in [0.717, 1.165) is 30.5 Å². The Labute approximate surface area is 164 Å². The number of carbonyl (C=O) groups is 1. The van der Waals surface area contributed by atoms with E-state index >= 15 is 0 Å². The fraction of sp³-hybridized carbons (Fsp3) is 0.333. The molecule has 0 fully saturated rings. The van der Waals surface area contributed by atoms with Crippen molar-refractivity contribution in [2.45, 2.75) is 31.9 Å². The lowest BCUT2D eigenvalue weighted by molar-refractivity contribution is 0.139. The van der Waals surface area contributed by atoms with Crippen LogP contribution in [0.4, 0.5) is 16.2 Å². The second-order valence-corrected chi connectivity index (χ2v) is 6.69. The van der Waals surface area contributed by atoms with E-state index in [0.29, 0.717) is 30.2 Å². The molecule has 7 nitrogen and oxygen atoms in total. The Kier molecular flexibility index (Phi) is 6.58. The molecule has 7 heteroatoms.